The van der Waals surface area contributed by atoms with Crippen molar-refractivity contribution in [2.75, 3.05) is 44.3 Å². The highest BCUT2D eigenvalue weighted by atomic mass is 16.6. The molecule has 0 spiro atoms. The van der Waals surface area contributed by atoms with Gasteiger partial charge in [0.05, 0.1) is 6.61 Å². The molecule has 1 fully saturated rings. The third-order valence-corrected chi connectivity index (χ3v) is 4.65. The highest BCUT2D eigenvalue weighted by Crippen LogP contribution is 2.26. The molecule has 1 saturated heterocycles. The van der Waals surface area contributed by atoms with Gasteiger partial charge in [-0.15, -0.1) is 0 Å². The van der Waals surface area contributed by atoms with Crippen LogP contribution < -0.4 is 19.1 Å². The van der Waals surface area contributed by atoms with Crippen LogP contribution in [0.3, 0.4) is 0 Å². The predicted molar refractivity (Wildman–Crippen MR) is 110 cm³/mol. The van der Waals surface area contributed by atoms with Crippen molar-refractivity contribution in [3.8, 4) is 17.2 Å². The molecule has 7 nitrogen and oxygen atoms in total. The third-order valence-electron chi connectivity index (χ3n) is 4.65. The monoisotopic (exact) mass is 398 g/mol. The van der Waals surface area contributed by atoms with Gasteiger partial charge in [0.15, 0.2) is 18.1 Å². The lowest BCUT2D eigenvalue weighted by Crippen LogP contribution is -2.48. The number of carbonyl (C=O) groups is 2. The zero-order valence-electron chi connectivity index (χ0n) is 16.8. The van der Waals surface area contributed by atoms with E-state index in [2.05, 4.69) is 4.90 Å². The van der Waals surface area contributed by atoms with E-state index in [9.17, 15) is 9.59 Å². The fraction of sp³-hybridized carbons (Fsp3) is 0.364. The van der Waals surface area contributed by atoms with Crippen LogP contribution >= 0.6 is 0 Å². The van der Waals surface area contributed by atoms with E-state index in [1.807, 2.05) is 36.1 Å². The third kappa shape index (κ3) is 5.63. The lowest BCUT2D eigenvalue weighted by Gasteiger charge is -2.35. The van der Waals surface area contributed by atoms with E-state index in [-0.39, 0.29) is 12.5 Å². The Morgan fingerprint density at radius 1 is 0.897 bits per heavy atom. The first-order valence-electron chi connectivity index (χ1n) is 9.72. The number of carbonyl (C=O) groups excluding carboxylic acids is 2. The highest BCUT2D eigenvalue weighted by molar-refractivity contribution is 5.74. The number of benzene rings is 2. The Hall–Kier alpha value is -3.22. The van der Waals surface area contributed by atoms with Gasteiger partial charge in [0.2, 0.25) is 5.91 Å². The van der Waals surface area contributed by atoms with Gasteiger partial charge in [0.25, 0.3) is 0 Å². The molecule has 1 aliphatic rings. The molecule has 0 saturated carbocycles. The van der Waals surface area contributed by atoms with E-state index >= 15 is 0 Å². The Balaban J connectivity index is 1.50. The summed E-state index contributed by atoms with van der Waals surface area (Å²) in [6.45, 7) is 6.78. The van der Waals surface area contributed by atoms with E-state index in [1.165, 1.54) is 0 Å². The van der Waals surface area contributed by atoms with Gasteiger partial charge in [0, 0.05) is 38.8 Å². The summed E-state index contributed by atoms with van der Waals surface area (Å²) < 4.78 is 16.4. The molecule has 0 radical (unpaired) electrons. The maximum absolute atomic E-state index is 12.1. The van der Waals surface area contributed by atoms with Crippen molar-refractivity contribution in [1.82, 2.24) is 4.90 Å². The fourth-order valence-corrected chi connectivity index (χ4v) is 3.15. The van der Waals surface area contributed by atoms with Crippen LogP contribution in [0, 0.1) is 0 Å². The van der Waals surface area contributed by atoms with Crippen molar-refractivity contribution < 1.29 is 23.8 Å². The standard InChI is InChI=1S/C22H26N2O5/c1-3-27-20-6-4-5-7-21(20)28-16-22(26)29-19-10-8-18(9-11-19)24-14-12-23(13-15-24)17(2)25/h4-11H,3,12-16H2,1-2H3. The van der Waals surface area contributed by atoms with Crippen LogP contribution in [0.4, 0.5) is 5.69 Å². The predicted octanol–water partition coefficient (Wildman–Crippen LogP) is 2.74. The van der Waals surface area contributed by atoms with Gasteiger partial charge in [-0.05, 0) is 43.3 Å². The molecule has 2 aromatic rings. The van der Waals surface area contributed by atoms with Crippen LogP contribution in [0.25, 0.3) is 0 Å². The minimum atomic E-state index is -0.487. The largest absolute Gasteiger partial charge is 0.490 e. The second kappa shape index (κ2) is 9.82. The molecule has 0 atom stereocenters. The molecule has 2 aromatic carbocycles. The SMILES string of the molecule is CCOc1ccccc1OCC(=O)Oc1ccc(N2CCN(C(C)=O)CC2)cc1. The number of hydrogen-bond donors (Lipinski definition) is 0. The summed E-state index contributed by atoms with van der Waals surface area (Å²) in [6, 6.07) is 14.6. The number of anilines is 1. The lowest BCUT2D eigenvalue weighted by molar-refractivity contribution is -0.136. The van der Waals surface area contributed by atoms with Gasteiger partial charge < -0.3 is 24.0 Å². The number of hydrogen-bond acceptors (Lipinski definition) is 6. The van der Waals surface area contributed by atoms with E-state index in [1.54, 1.807) is 31.2 Å². The number of ether oxygens (including phenoxy) is 3. The number of piperazine rings is 1. The van der Waals surface area contributed by atoms with Crippen LogP contribution in [-0.2, 0) is 9.59 Å². The van der Waals surface area contributed by atoms with Gasteiger partial charge in [-0.3, -0.25) is 4.79 Å². The first-order valence-corrected chi connectivity index (χ1v) is 9.72. The molecular weight excluding hydrogens is 372 g/mol. The molecule has 0 bridgehead atoms. The smallest absolute Gasteiger partial charge is 0.349 e. The Kier molecular flexibility index (Phi) is 6.94. The molecule has 154 valence electrons. The summed E-state index contributed by atoms with van der Waals surface area (Å²) >= 11 is 0. The quantitative estimate of drug-likeness (QED) is 0.528. The molecule has 0 aliphatic carbocycles. The second-order valence-corrected chi connectivity index (χ2v) is 6.63. The van der Waals surface area contributed by atoms with Crippen LogP contribution in [0.5, 0.6) is 17.2 Å². The first kappa shape index (κ1) is 20.5. The highest BCUT2D eigenvalue weighted by Gasteiger charge is 2.19. The fourth-order valence-electron chi connectivity index (χ4n) is 3.15. The van der Waals surface area contributed by atoms with E-state index in [0.29, 0.717) is 36.9 Å². The topological polar surface area (TPSA) is 68.3 Å². The first-order chi connectivity index (χ1) is 14.1. The Morgan fingerprint density at radius 3 is 2.10 bits per heavy atom. The van der Waals surface area contributed by atoms with E-state index < -0.39 is 5.97 Å². The van der Waals surface area contributed by atoms with Crippen LogP contribution in [0.2, 0.25) is 0 Å². The molecule has 0 aromatic heterocycles. The number of para-hydroxylation sites is 2. The minimum absolute atomic E-state index is 0.109. The summed E-state index contributed by atoms with van der Waals surface area (Å²) in [5.41, 5.74) is 1.04. The molecule has 1 amide bonds. The van der Waals surface area contributed by atoms with Crippen LogP contribution in [0.15, 0.2) is 48.5 Å². The van der Waals surface area contributed by atoms with Gasteiger partial charge >= 0.3 is 5.97 Å². The second-order valence-electron chi connectivity index (χ2n) is 6.63. The van der Waals surface area contributed by atoms with E-state index in [0.717, 1.165) is 18.8 Å². The molecular formula is C22H26N2O5. The normalized spacial score (nSPS) is 13.7. The van der Waals surface area contributed by atoms with E-state index in [4.69, 9.17) is 14.2 Å². The molecule has 1 heterocycles. The van der Waals surface area contributed by atoms with Gasteiger partial charge in [-0.2, -0.15) is 0 Å². The molecule has 7 heteroatoms. The molecule has 29 heavy (non-hydrogen) atoms. The average molecular weight is 398 g/mol. The zero-order chi connectivity index (χ0) is 20.6. The van der Waals surface area contributed by atoms with Gasteiger partial charge in [0.1, 0.15) is 5.75 Å². The minimum Gasteiger partial charge on any atom is -0.490 e. The lowest BCUT2D eigenvalue weighted by atomic mass is 10.2. The number of esters is 1. The molecule has 3 rings (SSSR count). The Morgan fingerprint density at radius 2 is 1.52 bits per heavy atom. The van der Waals surface area contributed by atoms with Crippen LogP contribution in [0.1, 0.15) is 13.8 Å². The summed E-state index contributed by atoms with van der Waals surface area (Å²) in [4.78, 5) is 27.6. The Bertz CT molecular complexity index is 829. The summed E-state index contributed by atoms with van der Waals surface area (Å²) in [5.74, 6) is 1.18. The van der Waals surface area contributed by atoms with Gasteiger partial charge in [-0.25, -0.2) is 4.79 Å². The Labute approximate surface area is 170 Å². The van der Waals surface area contributed by atoms with Crippen molar-refractivity contribution in [2.24, 2.45) is 0 Å². The van der Waals surface area contributed by atoms with Crippen molar-refractivity contribution in [3.63, 3.8) is 0 Å². The number of amides is 1. The number of nitrogens with zero attached hydrogens (tertiary/aromatic N) is 2. The summed E-state index contributed by atoms with van der Waals surface area (Å²) in [6.07, 6.45) is 0. The zero-order valence-corrected chi connectivity index (χ0v) is 16.8. The van der Waals surface area contributed by atoms with Crippen molar-refractivity contribution in [3.05, 3.63) is 48.5 Å². The summed E-state index contributed by atoms with van der Waals surface area (Å²) in [7, 11) is 0. The maximum Gasteiger partial charge on any atom is 0.349 e. The van der Waals surface area contributed by atoms with Crippen LogP contribution in [-0.4, -0.2) is 56.2 Å². The van der Waals surface area contributed by atoms with Crippen molar-refractivity contribution in [2.45, 2.75) is 13.8 Å². The summed E-state index contributed by atoms with van der Waals surface area (Å²) in [5, 5.41) is 0. The molecule has 1 aliphatic heterocycles. The molecule has 0 N–H and O–H groups in total. The van der Waals surface area contributed by atoms with Crippen molar-refractivity contribution in [1.29, 1.82) is 0 Å². The maximum atomic E-state index is 12.1. The number of rotatable bonds is 7. The molecule has 0 unspecified atom stereocenters. The van der Waals surface area contributed by atoms with Gasteiger partial charge in [-0.1, -0.05) is 12.1 Å². The van der Waals surface area contributed by atoms with Crippen molar-refractivity contribution >= 4 is 17.6 Å². The average Bonchev–Trinajstić information content (AvgIpc) is 2.74.